The molecule has 10 rings (SSSR count). The first kappa shape index (κ1) is 33.2. The lowest BCUT2D eigenvalue weighted by Gasteiger charge is -2.41. The molecule has 0 bridgehead atoms. The predicted octanol–water partition coefficient (Wildman–Crippen LogP) is 13.3. The second-order valence-electron chi connectivity index (χ2n) is 14.1. The van der Waals surface area contributed by atoms with E-state index in [2.05, 4.69) is 194 Å². The number of aromatic nitrogens is 2. The Morgan fingerprint density at radius 3 is 1.29 bits per heavy atom. The van der Waals surface area contributed by atoms with Gasteiger partial charge in [-0.15, -0.1) is 0 Å². The second-order valence-corrected chi connectivity index (χ2v) is 14.1. The van der Waals surface area contributed by atoms with Gasteiger partial charge in [-0.2, -0.15) is 0 Å². The van der Waals surface area contributed by atoms with Gasteiger partial charge in [-0.3, -0.25) is 0 Å². The minimum Gasteiger partial charge on any atom is -0.457 e. The van der Waals surface area contributed by atoms with Crippen LogP contribution in [-0.2, 0) is 5.41 Å². The molecule has 0 saturated heterocycles. The summed E-state index contributed by atoms with van der Waals surface area (Å²) in [5.41, 5.74) is 13.2. The Labute approximate surface area is 327 Å². The van der Waals surface area contributed by atoms with Gasteiger partial charge in [0.1, 0.15) is 11.5 Å². The van der Waals surface area contributed by atoms with Crippen molar-refractivity contribution in [3.8, 4) is 67.7 Å². The van der Waals surface area contributed by atoms with Crippen LogP contribution >= 0.6 is 0 Å². The van der Waals surface area contributed by atoms with Crippen molar-refractivity contribution >= 4 is 0 Å². The number of ether oxygens (including phenoxy) is 1. The van der Waals surface area contributed by atoms with Gasteiger partial charge in [0.15, 0.2) is 5.82 Å². The summed E-state index contributed by atoms with van der Waals surface area (Å²) in [7, 11) is 0. The zero-order valence-corrected chi connectivity index (χ0v) is 30.6. The maximum absolute atomic E-state index is 6.57. The molecule has 0 radical (unpaired) electrons. The number of fused-ring (bicyclic) bond motifs is 2. The number of para-hydroxylation sites is 2. The van der Waals surface area contributed by atoms with Crippen LogP contribution in [0.5, 0.6) is 11.5 Å². The fourth-order valence-corrected chi connectivity index (χ4v) is 8.16. The van der Waals surface area contributed by atoms with Gasteiger partial charge in [0.25, 0.3) is 0 Å². The maximum Gasteiger partial charge on any atom is 0.160 e. The molecule has 3 heteroatoms. The number of rotatable bonds is 7. The highest BCUT2D eigenvalue weighted by atomic mass is 16.5. The summed E-state index contributed by atoms with van der Waals surface area (Å²) in [5, 5.41) is 0. The highest BCUT2D eigenvalue weighted by Crippen LogP contribution is 2.55. The van der Waals surface area contributed by atoms with Crippen LogP contribution in [0.2, 0.25) is 0 Å². The van der Waals surface area contributed by atoms with E-state index in [4.69, 9.17) is 14.7 Å². The van der Waals surface area contributed by atoms with Crippen LogP contribution in [0.25, 0.3) is 56.2 Å². The summed E-state index contributed by atoms with van der Waals surface area (Å²) in [6, 6.07) is 76.7. The molecule has 1 aliphatic rings. The van der Waals surface area contributed by atoms with Gasteiger partial charge in [0.2, 0.25) is 0 Å². The van der Waals surface area contributed by atoms with Crippen molar-refractivity contribution in [2.75, 3.05) is 0 Å². The number of hydrogen-bond donors (Lipinski definition) is 0. The van der Waals surface area contributed by atoms with E-state index in [0.29, 0.717) is 5.82 Å². The summed E-state index contributed by atoms with van der Waals surface area (Å²) in [5.74, 6) is 2.38. The summed E-state index contributed by atoms with van der Waals surface area (Å²) in [6.07, 6.45) is 0. The van der Waals surface area contributed by atoms with Crippen LogP contribution in [0.15, 0.2) is 218 Å². The van der Waals surface area contributed by atoms with E-state index in [9.17, 15) is 0 Å². The fraction of sp³-hybridized carbons (Fsp3) is 0.0189. The lowest BCUT2D eigenvalue weighted by Crippen LogP contribution is -2.34. The van der Waals surface area contributed by atoms with Crippen LogP contribution in [0, 0.1) is 0 Å². The first-order valence-electron chi connectivity index (χ1n) is 19.0. The smallest absolute Gasteiger partial charge is 0.160 e. The van der Waals surface area contributed by atoms with Crippen molar-refractivity contribution in [2.24, 2.45) is 0 Å². The van der Waals surface area contributed by atoms with E-state index in [1.165, 1.54) is 16.7 Å². The minimum absolute atomic E-state index is 0.637. The van der Waals surface area contributed by atoms with E-state index in [-0.39, 0.29) is 0 Å². The largest absolute Gasteiger partial charge is 0.457 e. The monoisotopic (exact) mass is 716 g/mol. The van der Waals surface area contributed by atoms with Crippen LogP contribution < -0.4 is 4.74 Å². The third-order valence-electron chi connectivity index (χ3n) is 10.9. The summed E-state index contributed by atoms with van der Waals surface area (Å²) in [6.45, 7) is 0. The highest BCUT2D eigenvalue weighted by Gasteiger charge is 2.45. The zero-order valence-electron chi connectivity index (χ0n) is 30.6. The van der Waals surface area contributed by atoms with Gasteiger partial charge < -0.3 is 4.74 Å². The molecule has 2 heterocycles. The molecule has 0 fully saturated rings. The standard InChI is InChI=1S/C53H36N2O/c1-4-15-37(16-5-1)39-27-31-41(32-28-39)48-36-49(55-52(54-48)42-33-29-40(30-34-42)38-17-6-2-7-18-38)43-19-14-22-45(35-43)53(44-20-8-3-9-21-44)46-23-10-12-25-50(46)56-51-26-13-11-24-47(51)53/h1-36H. The Hall–Kier alpha value is -7.36. The molecule has 0 aliphatic carbocycles. The molecule has 56 heavy (non-hydrogen) atoms. The van der Waals surface area contributed by atoms with Crippen molar-refractivity contribution in [2.45, 2.75) is 5.41 Å². The van der Waals surface area contributed by atoms with Crippen molar-refractivity contribution in [1.29, 1.82) is 0 Å². The van der Waals surface area contributed by atoms with Crippen LogP contribution in [0.3, 0.4) is 0 Å². The summed E-state index contributed by atoms with van der Waals surface area (Å²) in [4.78, 5) is 10.5. The lowest BCUT2D eigenvalue weighted by molar-refractivity contribution is 0.434. The molecule has 0 atom stereocenters. The lowest BCUT2D eigenvalue weighted by atomic mass is 9.63. The van der Waals surface area contributed by atoms with Gasteiger partial charge in [-0.05, 0) is 57.6 Å². The van der Waals surface area contributed by atoms with Gasteiger partial charge in [-0.25, -0.2) is 9.97 Å². The summed E-state index contributed by atoms with van der Waals surface area (Å²) < 4.78 is 6.57. The molecular weight excluding hydrogens is 681 g/mol. The molecule has 0 amide bonds. The van der Waals surface area contributed by atoms with Crippen molar-refractivity contribution < 1.29 is 4.74 Å². The topological polar surface area (TPSA) is 35.0 Å². The molecule has 0 unspecified atom stereocenters. The van der Waals surface area contributed by atoms with Crippen molar-refractivity contribution in [3.63, 3.8) is 0 Å². The number of hydrogen-bond acceptors (Lipinski definition) is 3. The molecule has 1 aromatic heterocycles. The number of nitrogens with zero attached hydrogens (tertiary/aromatic N) is 2. The first-order valence-corrected chi connectivity index (χ1v) is 19.0. The molecule has 3 nitrogen and oxygen atoms in total. The average molecular weight is 717 g/mol. The Bertz CT molecular complexity index is 2650. The molecule has 0 saturated carbocycles. The Morgan fingerprint density at radius 1 is 0.304 bits per heavy atom. The molecule has 8 aromatic carbocycles. The van der Waals surface area contributed by atoms with Crippen LogP contribution in [0.1, 0.15) is 22.3 Å². The van der Waals surface area contributed by atoms with Crippen molar-refractivity contribution in [1.82, 2.24) is 9.97 Å². The number of benzene rings is 8. The van der Waals surface area contributed by atoms with Gasteiger partial charge in [0.05, 0.1) is 16.8 Å². The van der Waals surface area contributed by atoms with Gasteiger partial charge >= 0.3 is 0 Å². The maximum atomic E-state index is 6.57. The van der Waals surface area contributed by atoms with E-state index in [1.54, 1.807) is 0 Å². The molecule has 0 N–H and O–H groups in total. The highest BCUT2D eigenvalue weighted by molar-refractivity contribution is 5.77. The summed E-state index contributed by atoms with van der Waals surface area (Å²) >= 11 is 0. The van der Waals surface area contributed by atoms with Crippen LogP contribution in [-0.4, -0.2) is 9.97 Å². The van der Waals surface area contributed by atoms with Gasteiger partial charge in [0, 0.05) is 27.8 Å². The van der Waals surface area contributed by atoms with E-state index >= 15 is 0 Å². The SMILES string of the molecule is c1ccc(-c2ccc(-c3cc(-c4cccc(C5(c6ccccc6)c6ccccc6Oc6ccccc65)c4)nc(-c4ccc(-c5ccccc5)cc4)n3)cc2)cc1. The third-order valence-corrected chi connectivity index (χ3v) is 10.9. The molecule has 264 valence electrons. The van der Waals surface area contributed by atoms with E-state index < -0.39 is 5.41 Å². The van der Waals surface area contributed by atoms with Gasteiger partial charge in [-0.1, -0.05) is 194 Å². The fourth-order valence-electron chi connectivity index (χ4n) is 8.16. The zero-order chi connectivity index (χ0) is 37.3. The minimum atomic E-state index is -0.637. The Balaban J connectivity index is 1.15. The Kier molecular flexibility index (Phi) is 8.38. The normalized spacial score (nSPS) is 12.6. The van der Waals surface area contributed by atoms with E-state index in [0.717, 1.165) is 67.4 Å². The second kappa shape index (κ2) is 14.1. The first-order chi connectivity index (χ1) is 27.7. The quantitative estimate of drug-likeness (QED) is 0.165. The van der Waals surface area contributed by atoms with Crippen molar-refractivity contribution in [3.05, 3.63) is 241 Å². The average Bonchev–Trinajstić information content (AvgIpc) is 3.29. The van der Waals surface area contributed by atoms with Crippen LogP contribution in [0.4, 0.5) is 0 Å². The molecule has 1 aliphatic heterocycles. The molecule has 9 aromatic rings. The predicted molar refractivity (Wildman–Crippen MR) is 228 cm³/mol. The third kappa shape index (κ3) is 5.87. The van der Waals surface area contributed by atoms with E-state index in [1.807, 2.05) is 24.3 Å². The Morgan fingerprint density at radius 2 is 0.714 bits per heavy atom. The molecular formula is C53H36N2O. The molecule has 0 spiro atoms.